The highest BCUT2D eigenvalue weighted by atomic mass is 16.2. The summed E-state index contributed by atoms with van der Waals surface area (Å²) in [5.41, 5.74) is 7.17. The third-order valence-corrected chi connectivity index (χ3v) is 5.16. The smallest absolute Gasteiger partial charge is 0.227 e. The van der Waals surface area contributed by atoms with Crippen LogP contribution in [0.5, 0.6) is 0 Å². The van der Waals surface area contributed by atoms with E-state index in [1.807, 2.05) is 31.0 Å². The van der Waals surface area contributed by atoms with Gasteiger partial charge in [0.25, 0.3) is 0 Å². The molecule has 23 heavy (non-hydrogen) atoms. The fraction of sp³-hybridized carbons (Fsp3) is 0.450. The van der Waals surface area contributed by atoms with E-state index in [1.165, 1.54) is 10.8 Å². The van der Waals surface area contributed by atoms with Gasteiger partial charge in [0.1, 0.15) is 0 Å². The molecule has 1 saturated carbocycles. The normalized spacial score (nSPS) is 24.6. The van der Waals surface area contributed by atoms with Gasteiger partial charge in [-0.2, -0.15) is 0 Å². The van der Waals surface area contributed by atoms with Crippen molar-refractivity contribution in [3.05, 3.63) is 48.0 Å². The van der Waals surface area contributed by atoms with Crippen molar-refractivity contribution in [1.29, 1.82) is 0 Å². The Kier molecular flexibility index (Phi) is 4.40. The van der Waals surface area contributed by atoms with Crippen LogP contribution >= 0.6 is 0 Å². The van der Waals surface area contributed by atoms with E-state index in [0.29, 0.717) is 6.54 Å². The zero-order valence-corrected chi connectivity index (χ0v) is 14.1. The van der Waals surface area contributed by atoms with Gasteiger partial charge in [-0.05, 0) is 42.2 Å². The maximum Gasteiger partial charge on any atom is 0.227 e. The number of hydrogen-bond donors (Lipinski definition) is 1. The second-order valence-electron chi connectivity index (χ2n) is 7.18. The van der Waals surface area contributed by atoms with Crippen LogP contribution in [0.15, 0.2) is 42.5 Å². The summed E-state index contributed by atoms with van der Waals surface area (Å²) in [5.74, 6) is 0.129. The van der Waals surface area contributed by atoms with Crippen LogP contribution in [0.25, 0.3) is 10.8 Å². The Balaban J connectivity index is 1.74. The molecule has 0 aliphatic heterocycles. The topological polar surface area (TPSA) is 46.3 Å². The molecular formula is C20H26N2O. The largest absolute Gasteiger partial charge is 0.341 e. The third-order valence-electron chi connectivity index (χ3n) is 5.16. The zero-order valence-electron chi connectivity index (χ0n) is 14.1. The molecule has 2 aromatic rings. The Morgan fingerprint density at radius 3 is 2.70 bits per heavy atom. The molecule has 0 spiro atoms. The molecule has 3 nitrogen and oxygen atoms in total. The highest BCUT2D eigenvalue weighted by Crippen LogP contribution is 2.33. The predicted octanol–water partition coefficient (Wildman–Crippen LogP) is 3.71. The van der Waals surface area contributed by atoms with E-state index < -0.39 is 0 Å². The van der Waals surface area contributed by atoms with Gasteiger partial charge in [0.05, 0.1) is 5.92 Å². The number of nitrogens with zero attached hydrogens (tertiary/aromatic N) is 1. The number of hydrogen-bond acceptors (Lipinski definition) is 2. The highest BCUT2D eigenvalue weighted by Gasteiger charge is 2.38. The van der Waals surface area contributed by atoms with Gasteiger partial charge >= 0.3 is 0 Å². The number of benzene rings is 2. The molecule has 3 rings (SSSR count). The predicted molar refractivity (Wildman–Crippen MR) is 95.0 cm³/mol. The third kappa shape index (κ3) is 3.40. The number of rotatable bonds is 3. The number of nitrogens with two attached hydrogens (primary N) is 1. The lowest BCUT2D eigenvalue weighted by Crippen LogP contribution is -2.53. The summed E-state index contributed by atoms with van der Waals surface area (Å²) >= 11 is 0. The van der Waals surface area contributed by atoms with Crippen molar-refractivity contribution in [3.8, 4) is 0 Å². The Labute approximate surface area is 138 Å². The molecule has 0 bridgehead atoms. The van der Waals surface area contributed by atoms with Crippen molar-refractivity contribution in [2.75, 3.05) is 7.05 Å². The van der Waals surface area contributed by atoms with E-state index in [0.717, 1.165) is 31.2 Å². The summed E-state index contributed by atoms with van der Waals surface area (Å²) in [6, 6.07) is 14.7. The van der Waals surface area contributed by atoms with Crippen LogP contribution < -0.4 is 5.73 Å². The second kappa shape index (κ2) is 6.32. The summed E-state index contributed by atoms with van der Waals surface area (Å²) in [5, 5.41) is 2.44. The monoisotopic (exact) mass is 310 g/mol. The summed E-state index contributed by atoms with van der Waals surface area (Å²) in [7, 11) is 1.89. The lowest BCUT2D eigenvalue weighted by Gasteiger charge is -2.39. The fourth-order valence-electron chi connectivity index (χ4n) is 3.72. The van der Waals surface area contributed by atoms with E-state index >= 15 is 0 Å². The van der Waals surface area contributed by atoms with Gasteiger partial charge in [-0.15, -0.1) is 0 Å². The average Bonchev–Trinajstić information content (AvgIpc) is 2.53. The van der Waals surface area contributed by atoms with Gasteiger partial charge in [0.2, 0.25) is 5.91 Å². The van der Waals surface area contributed by atoms with Crippen LogP contribution in [0.2, 0.25) is 0 Å². The van der Waals surface area contributed by atoms with Gasteiger partial charge < -0.3 is 10.6 Å². The molecule has 2 atom stereocenters. The molecule has 1 aliphatic rings. The van der Waals surface area contributed by atoms with Crippen molar-refractivity contribution < 1.29 is 4.79 Å². The van der Waals surface area contributed by atoms with Crippen LogP contribution in [0.3, 0.4) is 0 Å². The Hall–Kier alpha value is -1.87. The molecule has 1 fully saturated rings. The van der Waals surface area contributed by atoms with E-state index in [4.69, 9.17) is 5.73 Å². The first-order valence-electron chi connectivity index (χ1n) is 8.49. The van der Waals surface area contributed by atoms with E-state index in [1.54, 1.807) is 0 Å². The van der Waals surface area contributed by atoms with Crippen molar-refractivity contribution >= 4 is 16.7 Å². The lowest BCUT2D eigenvalue weighted by atomic mass is 9.74. The van der Waals surface area contributed by atoms with Crippen LogP contribution in [-0.4, -0.2) is 23.4 Å². The van der Waals surface area contributed by atoms with Crippen LogP contribution in [0.4, 0.5) is 0 Å². The van der Waals surface area contributed by atoms with Crippen LogP contribution in [-0.2, 0) is 11.3 Å². The minimum atomic E-state index is -0.368. The molecule has 122 valence electrons. The van der Waals surface area contributed by atoms with Crippen LogP contribution in [0, 0.1) is 5.92 Å². The number of carbonyl (C=O) groups excluding carboxylic acids is 1. The average molecular weight is 310 g/mol. The number of carbonyl (C=O) groups is 1. The minimum absolute atomic E-state index is 0.0540. The standard InChI is InChI=1S/C20H26N2O/c1-20(21)12-6-5-9-18(20)19(23)22(2)14-15-10-11-16-7-3-4-8-17(16)13-15/h3-4,7-8,10-11,13,18H,5-6,9,12,14,21H2,1-2H3. The summed E-state index contributed by atoms with van der Waals surface area (Å²) in [6.07, 6.45) is 4.08. The van der Waals surface area contributed by atoms with Crippen molar-refractivity contribution in [2.24, 2.45) is 11.7 Å². The summed E-state index contributed by atoms with van der Waals surface area (Å²) in [4.78, 5) is 14.7. The molecule has 0 heterocycles. The minimum Gasteiger partial charge on any atom is -0.341 e. The van der Waals surface area contributed by atoms with Gasteiger partial charge in [0.15, 0.2) is 0 Å². The molecule has 1 aliphatic carbocycles. The molecule has 1 amide bonds. The van der Waals surface area contributed by atoms with E-state index in [2.05, 4.69) is 30.3 Å². The summed E-state index contributed by atoms with van der Waals surface area (Å²) in [6.45, 7) is 2.66. The molecule has 2 N–H and O–H groups in total. The number of amides is 1. The Bertz CT molecular complexity index is 708. The molecule has 0 saturated heterocycles. The van der Waals surface area contributed by atoms with Gasteiger partial charge in [-0.25, -0.2) is 0 Å². The van der Waals surface area contributed by atoms with Crippen molar-refractivity contribution in [3.63, 3.8) is 0 Å². The molecule has 2 unspecified atom stereocenters. The first kappa shape index (κ1) is 16.0. The molecular weight excluding hydrogens is 284 g/mol. The van der Waals surface area contributed by atoms with E-state index in [-0.39, 0.29) is 17.4 Å². The van der Waals surface area contributed by atoms with Gasteiger partial charge in [-0.1, -0.05) is 49.2 Å². The molecule has 0 aromatic heterocycles. The SMILES string of the molecule is CN(Cc1ccc2ccccc2c1)C(=O)C1CCCCC1(C)N. The molecule has 2 aromatic carbocycles. The highest BCUT2D eigenvalue weighted by molar-refractivity contribution is 5.83. The fourth-order valence-corrected chi connectivity index (χ4v) is 3.72. The molecule has 3 heteroatoms. The Morgan fingerprint density at radius 1 is 1.22 bits per heavy atom. The maximum atomic E-state index is 12.8. The lowest BCUT2D eigenvalue weighted by molar-refractivity contribution is -0.138. The number of fused-ring (bicyclic) bond motifs is 1. The van der Waals surface area contributed by atoms with E-state index in [9.17, 15) is 4.79 Å². The second-order valence-corrected chi connectivity index (χ2v) is 7.18. The van der Waals surface area contributed by atoms with Gasteiger partial charge in [0, 0.05) is 19.1 Å². The van der Waals surface area contributed by atoms with Gasteiger partial charge in [-0.3, -0.25) is 4.79 Å². The van der Waals surface area contributed by atoms with Crippen molar-refractivity contribution in [1.82, 2.24) is 4.90 Å². The maximum absolute atomic E-state index is 12.8. The molecule has 0 radical (unpaired) electrons. The first-order chi connectivity index (χ1) is 11.0. The van der Waals surface area contributed by atoms with Crippen LogP contribution in [0.1, 0.15) is 38.2 Å². The summed E-state index contributed by atoms with van der Waals surface area (Å²) < 4.78 is 0. The first-order valence-corrected chi connectivity index (χ1v) is 8.49. The van der Waals surface area contributed by atoms with Crippen molar-refractivity contribution in [2.45, 2.75) is 44.7 Å². The Morgan fingerprint density at radius 2 is 1.96 bits per heavy atom. The quantitative estimate of drug-likeness (QED) is 0.939. The zero-order chi connectivity index (χ0) is 16.4.